The van der Waals surface area contributed by atoms with E-state index in [9.17, 15) is 9.59 Å². The Bertz CT molecular complexity index is 1150. The second kappa shape index (κ2) is 11.5. The number of hydrogen-bond donors (Lipinski definition) is 0. The van der Waals surface area contributed by atoms with Crippen molar-refractivity contribution in [2.45, 2.75) is 53.2 Å². The van der Waals surface area contributed by atoms with E-state index in [0.29, 0.717) is 13.0 Å². The van der Waals surface area contributed by atoms with Crippen molar-refractivity contribution in [2.24, 2.45) is 0 Å². The summed E-state index contributed by atoms with van der Waals surface area (Å²) < 4.78 is 6.63. The Hall–Kier alpha value is -3.12. The summed E-state index contributed by atoms with van der Waals surface area (Å²) in [5, 5.41) is 0. The van der Waals surface area contributed by atoms with Crippen molar-refractivity contribution < 1.29 is 14.3 Å². The minimum absolute atomic E-state index is 0.119. The van der Waals surface area contributed by atoms with Crippen LogP contribution in [0, 0.1) is 13.8 Å². The Morgan fingerprint density at radius 2 is 1.51 bits per heavy atom. The molecule has 5 nitrogen and oxygen atoms in total. The van der Waals surface area contributed by atoms with Crippen LogP contribution >= 0.6 is 15.9 Å². The van der Waals surface area contributed by atoms with Crippen LogP contribution in [0.5, 0.6) is 0 Å². The topological polar surface area (TPSA) is 49.9 Å². The number of anilines is 1. The number of urea groups is 1. The Morgan fingerprint density at radius 1 is 0.857 bits per heavy atom. The van der Waals surface area contributed by atoms with Crippen LogP contribution in [0.1, 0.15) is 43.0 Å². The van der Waals surface area contributed by atoms with E-state index in [-0.39, 0.29) is 6.54 Å². The fraction of sp³-hybridized carbons (Fsp3) is 0.310. The minimum atomic E-state index is -0.727. The average Bonchev–Trinajstić information content (AvgIpc) is 2.80. The molecule has 0 N–H and O–H groups in total. The smallest absolute Gasteiger partial charge is 0.418 e. The summed E-state index contributed by atoms with van der Waals surface area (Å²) in [6, 6.07) is 23.0. The highest BCUT2D eigenvalue weighted by Crippen LogP contribution is 2.23. The van der Waals surface area contributed by atoms with Crippen molar-refractivity contribution in [1.29, 1.82) is 0 Å². The van der Waals surface area contributed by atoms with Crippen LogP contribution in [-0.4, -0.2) is 29.2 Å². The van der Waals surface area contributed by atoms with Crippen molar-refractivity contribution >= 4 is 33.7 Å². The first kappa shape index (κ1) is 26.5. The number of aryl methyl sites for hydroxylation is 2. The summed E-state index contributed by atoms with van der Waals surface area (Å²) >= 11 is 3.47. The van der Waals surface area contributed by atoms with Gasteiger partial charge in [0.2, 0.25) is 0 Å². The molecule has 3 aromatic carbocycles. The maximum Gasteiger partial charge on any atom is 0.418 e. The molecular weight excluding hydrogens is 504 g/mol. The maximum absolute atomic E-state index is 14.0. The second-order valence-corrected chi connectivity index (χ2v) is 10.5. The predicted octanol–water partition coefficient (Wildman–Crippen LogP) is 7.67. The molecule has 0 aliphatic carbocycles. The monoisotopic (exact) mass is 536 g/mol. The number of hydrogen-bond acceptors (Lipinski definition) is 3. The van der Waals surface area contributed by atoms with Gasteiger partial charge in [0.1, 0.15) is 5.60 Å². The molecular formula is C29H33BrN2O3. The zero-order valence-electron chi connectivity index (χ0n) is 21.0. The molecule has 0 spiro atoms. The zero-order chi connectivity index (χ0) is 25.6. The number of amides is 3. The molecule has 0 saturated heterocycles. The van der Waals surface area contributed by atoms with Gasteiger partial charge in [0.05, 0.1) is 6.54 Å². The second-order valence-electron chi connectivity index (χ2n) is 9.63. The van der Waals surface area contributed by atoms with Gasteiger partial charge in [-0.2, -0.15) is 0 Å². The fourth-order valence-electron chi connectivity index (χ4n) is 3.56. The van der Waals surface area contributed by atoms with Gasteiger partial charge in [-0.15, -0.1) is 0 Å². The molecule has 0 bridgehead atoms. The van der Waals surface area contributed by atoms with Crippen molar-refractivity contribution in [3.8, 4) is 0 Å². The van der Waals surface area contributed by atoms with Gasteiger partial charge in [-0.3, -0.25) is 4.90 Å². The van der Waals surface area contributed by atoms with Crippen LogP contribution in [-0.2, 0) is 17.7 Å². The molecule has 0 aliphatic rings. The third-order valence-electron chi connectivity index (χ3n) is 5.60. The molecule has 0 aromatic heterocycles. The number of halogens is 1. The van der Waals surface area contributed by atoms with Gasteiger partial charge in [0.15, 0.2) is 0 Å². The molecule has 6 heteroatoms. The lowest BCUT2D eigenvalue weighted by Crippen LogP contribution is -2.48. The SMILES string of the molecule is Cc1ccc(N(CCc2ccc(Br)cc2)C(=O)N(Cc2ccccc2)C(=O)OC(C)(C)C)cc1C. The first-order chi connectivity index (χ1) is 16.5. The van der Waals surface area contributed by atoms with Gasteiger partial charge in [-0.1, -0.05) is 64.5 Å². The van der Waals surface area contributed by atoms with Crippen LogP contribution in [0.15, 0.2) is 77.3 Å². The normalized spacial score (nSPS) is 11.1. The Balaban J connectivity index is 1.96. The number of benzene rings is 3. The molecule has 184 valence electrons. The number of rotatable bonds is 6. The number of nitrogens with zero attached hydrogens (tertiary/aromatic N) is 2. The first-order valence-corrected chi connectivity index (χ1v) is 12.5. The third-order valence-corrected chi connectivity index (χ3v) is 6.13. The molecule has 35 heavy (non-hydrogen) atoms. The van der Waals surface area contributed by atoms with Crippen molar-refractivity contribution in [1.82, 2.24) is 4.90 Å². The summed E-state index contributed by atoms with van der Waals surface area (Å²) in [6.07, 6.45) is -0.0248. The molecule has 0 unspecified atom stereocenters. The molecule has 0 fully saturated rings. The van der Waals surface area contributed by atoms with Gasteiger partial charge in [0, 0.05) is 16.7 Å². The highest BCUT2D eigenvalue weighted by molar-refractivity contribution is 9.10. The lowest BCUT2D eigenvalue weighted by atomic mass is 10.1. The van der Waals surface area contributed by atoms with E-state index in [2.05, 4.69) is 15.9 Å². The van der Waals surface area contributed by atoms with E-state index in [1.165, 1.54) is 4.90 Å². The van der Waals surface area contributed by atoms with E-state index in [1.54, 1.807) is 25.7 Å². The van der Waals surface area contributed by atoms with Crippen molar-refractivity contribution in [2.75, 3.05) is 11.4 Å². The molecule has 0 saturated carbocycles. The molecule has 0 atom stereocenters. The van der Waals surface area contributed by atoms with Crippen LogP contribution in [0.25, 0.3) is 0 Å². The van der Waals surface area contributed by atoms with E-state index < -0.39 is 17.7 Å². The average molecular weight is 537 g/mol. The number of ether oxygens (including phenoxy) is 1. The Kier molecular flexibility index (Phi) is 8.73. The Labute approximate surface area is 216 Å². The van der Waals surface area contributed by atoms with Crippen LogP contribution in [0.4, 0.5) is 15.3 Å². The van der Waals surface area contributed by atoms with Gasteiger partial charge in [0.25, 0.3) is 0 Å². The van der Waals surface area contributed by atoms with Crippen molar-refractivity contribution in [3.63, 3.8) is 0 Å². The molecule has 3 amide bonds. The van der Waals surface area contributed by atoms with Crippen LogP contribution in [0.2, 0.25) is 0 Å². The van der Waals surface area contributed by atoms with Gasteiger partial charge >= 0.3 is 12.1 Å². The lowest BCUT2D eigenvalue weighted by Gasteiger charge is -2.31. The molecule has 3 rings (SSSR count). The summed E-state index contributed by atoms with van der Waals surface area (Å²) in [7, 11) is 0. The fourth-order valence-corrected chi connectivity index (χ4v) is 3.82. The number of carbonyl (C=O) groups is 2. The molecule has 0 radical (unpaired) electrons. The highest BCUT2D eigenvalue weighted by Gasteiger charge is 2.31. The molecule has 0 heterocycles. The minimum Gasteiger partial charge on any atom is -0.443 e. The van der Waals surface area contributed by atoms with Crippen LogP contribution < -0.4 is 4.90 Å². The first-order valence-electron chi connectivity index (χ1n) is 11.7. The molecule has 3 aromatic rings. The zero-order valence-corrected chi connectivity index (χ0v) is 22.6. The number of carbonyl (C=O) groups excluding carboxylic acids is 2. The summed E-state index contributed by atoms with van der Waals surface area (Å²) in [5.74, 6) is 0. The summed E-state index contributed by atoms with van der Waals surface area (Å²) in [5.41, 5.74) is 4.19. The van der Waals surface area contributed by atoms with E-state index >= 15 is 0 Å². The standard InChI is InChI=1S/C29H33BrN2O3/c1-21-11-16-26(19-22(21)2)31(18-17-23-12-14-25(30)15-13-23)27(33)32(28(34)35-29(3,4)5)20-24-9-7-6-8-10-24/h6-16,19H,17-18,20H2,1-5H3. The maximum atomic E-state index is 14.0. The summed E-state index contributed by atoms with van der Waals surface area (Å²) in [6.45, 7) is 9.98. The highest BCUT2D eigenvalue weighted by atomic mass is 79.9. The van der Waals surface area contributed by atoms with Crippen LogP contribution in [0.3, 0.4) is 0 Å². The largest absolute Gasteiger partial charge is 0.443 e. The molecule has 0 aliphatic heterocycles. The van der Waals surface area contributed by atoms with Crippen molar-refractivity contribution in [3.05, 3.63) is 99.5 Å². The Morgan fingerprint density at radius 3 is 2.11 bits per heavy atom. The number of imide groups is 1. The lowest BCUT2D eigenvalue weighted by molar-refractivity contribution is 0.0314. The van der Waals surface area contributed by atoms with E-state index in [1.807, 2.05) is 86.6 Å². The predicted molar refractivity (Wildman–Crippen MR) is 145 cm³/mol. The summed E-state index contributed by atoms with van der Waals surface area (Å²) in [4.78, 5) is 30.1. The van der Waals surface area contributed by atoms with E-state index in [4.69, 9.17) is 4.74 Å². The quantitative estimate of drug-likeness (QED) is 0.324. The van der Waals surface area contributed by atoms with Gasteiger partial charge in [-0.05, 0) is 87.6 Å². The van der Waals surface area contributed by atoms with Gasteiger partial charge in [-0.25, -0.2) is 14.5 Å². The third kappa shape index (κ3) is 7.69. The van der Waals surface area contributed by atoms with E-state index in [0.717, 1.165) is 32.4 Å². The van der Waals surface area contributed by atoms with Gasteiger partial charge < -0.3 is 4.74 Å².